The van der Waals surface area contributed by atoms with Crippen LogP contribution in [-0.2, 0) is 23.9 Å². The Morgan fingerprint density at radius 1 is 1.09 bits per heavy atom. The van der Waals surface area contributed by atoms with Crippen molar-refractivity contribution in [3.63, 3.8) is 0 Å². The minimum absolute atomic E-state index is 0.0783. The van der Waals surface area contributed by atoms with Gasteiger partial charge in [-0.05, 0) is 29.3 Å². The van der Waals surface area contributed by atoms with Gasteiger partial charge in [0, 0.05) is 18.1 Å². The average Bonchev–Trinajstić information content (AvgIpc) is 2.49. The van der Waals surface area contributed by atoms with Crippen LogP contribution >= 0.6 is 15.9 Å². The van der Waals surface area contributed by atoms with Gasteiger partial charge >= 0.3 is 6.18 Å². The molecule has 0 saturated carbocycles. The number of nitrogens with zero attached hydrogens (tertiary/aromatic N) is 1. The second-order valence-electron chi connectivity index (χ2n) is 5.21. The first-order valence-corrected chi connectivity index (χ1v) is 7.70. The largest absolute Gasteiger partial charge is 0.416 e. The summed E-state index contributed by atoms with van der Waals surface area (Å²) in [5, 5.41) is 0. The third-order valence-electron chi connectivity index (χ3n) is 3.42. The summed E-state index contributed by atoms with van der Waals surface area (Å²) in [5.74, 6) is -0.232. The monoisotopic (exact) mass is 385 g/mol. The van der Waals surface area contributed by atoms with Crippen LogP contribution in [-0.4, -0.2) is 17.9 Å². The van der Waals surface area contributed by atoms with E-state index in [2.05, 4.69) is 15.9 Å². The van der Waals surface area contributed by atoms with Crippen LogP contribution in [0, 0.1) is 0 Å². The van der Waals surface area contributed by atoms with Crippen LogP contribution in [0.3, 0.4) is 0 Å². The summed E-state index contributed by atoms with van der Waals surface area (Å²) < 4.78 is 39.8. The van der Waals surface area contributed by atoms with Crippen molar-refractivity contribution in [2.24, 2.45) is 0 Å². The molecule has 23 heavy (non-hydrogen) atoms. The number of rotatable bonds is 4. The molecule has 0 aliphatic carbocycles. The Kier molecular flexibility index (Phi) is 5.46. The van der Waals surface area contributed by atoms with Crippen molar-refractivity contribution in [2.75, 3.05) is 7.05 Å². The Hall–Kier alpha value is -1.82. The van der Waals surface area contributed by atoms with Crippen LogP contribution in [0.25, 0.3) is 0 Å². The molecule has 0 saturated heterocycles. The average molecular weight is 386 g/mol. The van der Waals surface area contributed by atoms with Gasteiger partial charge in [-0.2, -0.15) is 13.2 Å². The molecule has 0 unspecified atom stereocenters. The minimum atomic E-state index is -4.42. The topological polar surface area (TPSA) is 20.3 Å². The maximum atomic E-state index is 13.0. The molecule has 0 radical (unpaired) electrons. The lowest BCUT2D eigenvalue weighted by Crippen LogP contribution is -2.28. The molecule has 2 nitrogen and oxygen atoms in total. The zero-order valence-corrected chi connectivity index (χ0v) is 14.0. The third kappa shape index (κ3) is 4.82. The number of hydrogen-bond acceptors (Lipinski definition) is 1. The first-order chi connectivity index (χ1) is 10.8. The molecule has 2 aromatic rings. The molecule has 0 atom stereocenters. The van der Waals surface area contributed by atoms with Crippen LogP contribution in [0.5, 0.6) is 0 Å². The molecular formula is C17H15BrF3NO. The molecule has 0 bridgehead atoms. The molecule has 2 rings (SSSR count). The summed E-state index contributed by atoms with van der Waals surface area (Å²) in [5.41, 5.74) is 0.198. The van der Waals surface area contributed by atoms with Gasteiger partial charge in [-0.1, -0.05) is 46.3 Å². The number of hydrogen-bond donors (Lipinski definition) is 0. The maximum absolute atomic E-state index is 13.0. The second kappa shape index (κ2) is 7.17. The molecule has 0 aliphatic heterocycles. The standard InChI is InChI=1S/C17H15BrF3NO/c1-22(16(23)10-12-6-8-14(18)9-7-12)11-13-4-2-3-5-15(13)17(19,20)21/h2-9H,10-11H2,1H3. The Morgan fingerprint density at radius 3 is 2.30 bits per heavy atom. The lowest BCUT2D eigenvalue weighted by Gasteiger charge is -2.20. The van der Waals surface area contributed by atoms with Gasteiger partial charge in [0.25, 0.3) is 0 Å². The van der Waals surface area contributed by atoms with Gasteiger partial charge in [-0.15, -0.1) is 0 Å². The summed E-state index contributed by atoms with van der Waals surface area (Å²) in [7, 11) is 1.51. The van der Waals surface area contributed by atoms with E-state index in [4.69, 9.17) is 0 Å². The summed E-state index contributed by atoms with van der Waals surface area (Å²) in [6.07, 6.45) is -4.27. The normalized spacial score (nSPS) is 11.3. The zero-order chi connectivity index (χ0) is 17.0. The highest BCUT2D eigenvalue weighted by Crippen LogP contribution is 2.32. The van der Waals surface area contributed by atoms with Crippen LogP contribution in [0.15, 0.2) is 53.0 Å². The SMILES string of the molecule is CN(Cc1ccccc1C(F)(F)F)C(=O)Cc1ccc(Br)cc1. The quantitative estimate of drug-likeness (QED) is 0.748. The van der Waals surface area contributed by atoms with Gasteiger partial charge < -0.3 is 4.90 Å². The van der Waals surface area contributed by atoms with Crippen molar-refractivity contribution < 1.29 is 18.0 Å². The smallest absolute Gasteiger partial charge is 0.341 e. The van der Waals surface area contributed by atoms with Gasteiger partial charge in [0.1, 0.15) is 0 Å². The molecule has 6 heteroatoms. The number of alkyl halides is 3. The zero-order valence-electron chi connectivity index (χ0n) is 12.4. The highest BCUT2D eigenvalue weighted by molar-refractivity contribution is 9.10. The van der Waals surface area contributed by atoms with Crippen LogP contribution < -0.4 is 0 Å². The van der Waals surface area contributed by atoms with Crippen molar-refractivity contribution in [3.05, 3.63) is 69.7 Å². The Morgan fingerprint density at radius 2 is 1.70 bits per heavy atom. The Balaban J connectivity index is 2.08. The van der Waals surface area contributed by atoms with E-state index < -0.39 is 11.7 Å². The molecule has 0 spiro atoms. The summed E-state index contributed by atoms with van der Waals surface area (Å²) in [4.78, 5) is 13.5. The van der Waals surface area contributed by atoms with E-state index >= 15 is 0 Å². The third-order valence-corrected chi connectivity index (χ3v) is 3.95. The van der Waals surface area contributed by atoms with Gasteiger partial charge in [-0.25, -0.2) is 0 Å². The van der Waals surface area contributed by atoms with Crippen molar-refractivity contribution in [1.29, 1.82) is 0 Å². The number of benzene rings is 2. The molecule has 1 amide bonds. The number of carbonyl (C=O) groups is 1. The lowest BCUT2D eigenvalue weighted by molar-refractivity contribution is -0.139. The first kappa shape index (κ1) is 17.5. The van der Waals surface area contributed by atoms with E-state index in [1.165, 1.54) is 30.1 Å². The van der Waals surface area contributed by atoms with Gasteiger partial charge in [0.05, 0.1) is 12.0 Å². The molecule has 0 N–H and O–H groups in total. The van der Waals surface area contributed by atoms with Crippen molar-refractivity contribution in [2.45, 2.75) is 19.1 Å². The van der Waals surface area contributed by atoms with Crippen LogP contribution in [0.1, 0.15) is 16.7 Å². The maximum Gasteiger partial charge on any atom is 0.416 e. The first-order valence-electron chi connectivity index (χ1n) is 6.91. The predicted octanol–water partition coefficient (Wildman–Crippen LogP) is 4.67. The minimum Gasteiger partial charge on any atom is -0.341 e. The summed E-state index contributed by atoms with van der Waals surface area (Å²) in [6, 6.07) is 12.6. The number of carbonyl (C=O) groups excluding carboxylic acids is 1. The fourth-order valence-electron chi connectivity index (χ4n) is 2.19. The molecule has 0 heterocycles. The van der Waals surface area contributed by atoms with E-state index in [1.54, 1.807) is 12.1 Å². The van der Waals surface area contributed by atoms with Gasteiger partial charge in [0.15, 0.2) is 0 Å². The van der Waals surface area contributed by atoms with E-state index in [0.717, 1.165) is 16.1 Å². The number of likely N-dealkylation sites (N-methyl/N-ethyl adjacent to an activating group) is 1. The Bertz CT molecular complexity index is 683. The molecular weight excluding hydrogens is 371 g/mol. The fourth-order valence-corrected chi connectivity index (χ4v) is 2.45. The molecule has 0 fully saturated rings. The van der Waals surface area contributed by atoms with Crippen molar-refractivity contribution in [3.8, 4) is 0 Å². The highest BCUT2D eigenvalue weighted by Gasteiger charge is 2.33. The molecule has 2 aromatic carbocycles. The van der Waals surface area contributed by atoms with E-state index in [-0.39, 0.29) is 24.4 Å². The molecule has 0 aliphatic rings. The predicted molar refractivity (Wildman–Crippen MR) is 85.8 cm³/mol. The van der Waals surface area contributed by atoms with Gasteiger partial charge in [0.2, 0.25) is 5.91 Å². The van der Waals surface area contributed by atoms with Gasteiger partial charge in [-0.3, -0.25) is 4.79 Å². The second-order valence-corrected chi connectivity index (χ2v) is 6.12. The Labute approximate surface area is 141 Å². The van der Waals surface area contributed by atoms with Crippen LogP contribution in [0.2, 0.25) is 0 Å². The molecule has 122 valence electrons. The van der Waals surface area contributed by atoms with Crippen molar-refractivity contribution in [1.82, 2.24) is 4.90 Å². The van der Waals surface area contributed by atoms with E-state index in [0.29, 0.717) is 0 Å². The van der Waals surface area contributed by atoms with E-state index in [9.17, 15) is 18.0 Å². The highest BCUT2D eigenvalue weighted by atomic mass is 79.9. The number of halogens is 4. The van der Waals surface area contributed by atoms with E-state index in [1.807, 2.05) is 12.1 Å². The summed E-state index contributed by atoms with van der Waals surface area (Å²) >= 11 is 3.31. The number of amides is 1. The fraction of sp³-hybridized carbons (Fsp3) is 0.235. The summed E-state index contributed by atoms with van der Waals surface area (Å²) in [6.45, 7) is -0.0783. The van der Waals surface area contributed by atoms with Crippen LogP contribution in [0.4, 0.5) is 13.2 Å². The molecule has 0 aromatic heterocycles. The van der Waals surface area contributed by atoms with Crippen molar-refractivity contribution >= 4 is 21.8 Å². The lowest BCUT2D eigenvalue weighted by atomic mass is 10.1.